The van der Waals surface area contributed by atoms with Gasteiger partial charge in [-0.05, 0) is 19.4 Å². The summed E-state index contributed by atoms with van der Waals surface area (Å²) >= 11 is 0. The van der Waals surface area contributed by atoms with Crippen LogP contribution in [0.2, 0.25) is 0 Å². The van der Waals surface area contributed by atoms with Crippen molar-refractivity contribution in [1.82, 2.24) is 4.90 Å². The van der Waals surface area contributed by atoms with E-state index >= 15 is 0 Å². The SMILES string of the molecule is COC(=O)[C@H]1CCCN(C2CCOC2=O)C1. The smallest absolute Gasteiger partial charge is 0.323 e. The maximum atomic E-state index is 11.4. The number of cyclic esters (lactones) is 1. The number of ether oxygens (including phenoxy) is 2. The van der Waals surface area contributed by atoms with E-state index in [-0.39, 0.29) is 23.9 Å². The Morgan fingerprint density at radius 3 is 2.94 bits per heavy atom. The predicted molar refractivity (Wildman–Crippen MR) is 55.7 cm³/mol. The summed E-state index contributed by atoms with van der Waals surface area (Å²) in [5, 5.41) is 0. The van der Waals surface area contributed by atoms with Crippen LogP contribution in [0.25, 0.3) is 0 Å². The van der Waals surface area contributed by atoms with Crippen LogP contribution in [-0.4, -0.2) is 49.7 Å². The molecule has 16 heavy (non-hydrogen) atoms. The third kappa shape index (κ3) is 2.19. The van der Waals surface area contributed by atoms with Gasteiger partial charge in [-0.15, -0.1) is 0 Å². The molecule has 2 atom stereocenters. The Bertz CT molecular complexity index is 292. The number of esters is 2. The number of hydrogen-bond donors (Lipinski definition) is 0. The number of methoxy groups -OCH3 is 1. The molecule has 2 aliphatic heterocycles. The number of likely N-dealkylation sites (tertiary alicyclic amines) is 1. The first-order chi connectivity index (χ1) is 7.72. The summed E-state index contributed by atoms with van der Waals surface area (Å²) in [7, 11) is 1.41. The summed E-state index contributed by atoms with van der Waals surface area (Å²) in [5.41, 5.74) is 0. The van der Waals surface area contributed by atoms with Crippen molar-refractivity contribution in [3.8, 4) is 0 Å². The third-order valence-corrected chi connectivity index (χ3v) is 3.34. The molecule has 1 unspecified atom stereocenters. The van der Waals surface area contributed by atoms with Crippen molar-refractivity contribution in [2.24, 2.45) is 5.92 Å². The minimum absolute atomic E-state index is 0.0906. The first-order valence-corrected chi connectivity index (χ1v) is 5.71. The summed E-state index contributed by atoms with van der Waals surface area (Å²) in [6, 6.07) is -0.146. The molecule has 0 radical (unpaired) electrons. The molecule has 5 heteroatoms. The van der Waals surface area contributed by atoms with Gasteiger partial charge >= 0.3 is 11.9 Å². The molecule has 2 fully saturated rings. The van der Waals surface area contributed by atoms with Gasteiger partial charge in [0.1, 0.15) is 6.04 Å². The number of carbonyl (C=O) groups excluding carboxylic acids is 2. The van der Waals surface area contributed by atoms with Crippen molar-refractivity contribution >= 4 is 11.9 Å². The second-order valence-corrected chi connectivity index (χ2v) is 4.33. The quantitative estimate of drug-likeness (QED) is 0.630. The van der Waals surface area contributed by atoms with Crippen molar-refractivity contribution in [3.05, 3.63) is 0 Å². The van der Waals surface area contributed by atoms with Gasteiger partial charge in [0.15, 0.2) is 0 Å². The van der Waals surface area contributed by atoms with E-state index in [4.69, 9.17) is 9.47 Å². The Balaban J connectivity index is 1.96. The number of hydrogen-bond acceptors (Lipinski definition) is 5. The average molecular weight is 227 g/mol. The Labute approximate surface area is 94.7 Å². The lowest BCUT2D eigenvalue weighted by Gasteiger charge is -2.33. The van der Waals surface area contributed by atoms with Crippen LogP contribution in [0.5, 0.6) is 0 Å². The number of piperidine rings is 1. The molecule has 0 saturated carbocycles. The number of rotatable bonds is 2. The zero-order chi connectivity index (χ0) is 11.5. The van der Waals surface area contributed by atoms with Gasteiger partial charge in [-0.2, -0.15) is 0 Å². The lowest BCUT2D eigenvalue weighted by Crippen LogP contribution is -2.46. The molecule has 0 bridgehead atoms. The van der Waals surface area contributed by atoms with Gasteiger partial charge < -0.3 is 9.47 Å². The summed E-state index contributed by atoms with van der Waals surface area (Å²) in [6.07, 6.45) is 2.53. The van der Waals surface area contributed by atoms with E-state index in [9.17, 15) is 9.59 Å². The van der Waals surface area contributed by atoms with Gasteiger partial charge in [0.05, 0.1) is 19.6 Å². The monoisotopic (exact) mass is 227 g/mol. The van der Waals surface area contributed by atoms with E-state index in [1.807, 2.05) is 0 Å². The standard InChI is InChI=1S/C11H17NO4/c1-15-10(13)8-3-2-5-12(7-8)9-4-6-16-11(9)14/h8-9H,2-7H2,1H3/t8-,9?/m0/s1. The minimum Gasteiger partial charge on any atom is -0.469 e. The maximum absolute atomic E-state index is 11.4. The highest BCUT2D eigenvalue weighted by molar-refractivity contribution is 5.78. The number of nitrogens with zero attached hydrogens (tertiary/aromatic N) is 1. The highest BCUT2D eigenvalue weighted by atomic mass is 16.5. The van der Waals surface area contributed by atoms with Crippen LogP contribution >= 0.6 is 0 Å². The van der Waals surface area contributed by atoms with Crippen LogP contribution in [-0.2, 0) is 19.1 Å². The second kappa shape index (κ2) is 4.82. The molecule has 5 nitrogen and oxygen atoms in total. The summed E-state index contributed by atoms with van der Waals surface area (Å²) in [4.78, 5) is 24.9. The molecular formula is C11H17NO4. The van der Waals surface area contributed by atoms with E-state index in [2.05, 4.69) is 4.90 Å². The minimum atomic E-state index is -0.170. The Morgan fingerprint density at radius 1 is 1.50 bits per heavy atom. The highest BCUT2D eigenvalue weighted by Gasteiger charge is 2.36. The fourth-order valence-electron chi connectivity index (χ4n) is 2.47. The molecule has 2 saturated heterocycles. The van der Waals surface area contributed by atoms with Gasteiger partial charge in [-0.25, -0.2) is 0 Å². The van der Waals surface area contributed by atoms with Crippen molar-refractivity contribution in [2.45, 2.75) is 25.3 Å². The average Bonchev–Trinajstić information content (AvgIpc) is 2.74. The maximum Gasteiger partial charge on any atom is 0.323 e. The van der Waals surface area contributed by atoms with E-state index in [1.165, 1.54) is 7.11 Å². The molecule has 2 rings (SSSR count). The molecule has 90 valence electrons. The van der Waals surface area contributed by atoms with Crippen molar-refractivity contribution < 1.29 is 19.1 Å². The van der Waals surface area contributed by atoms with Crippen LogP contribution in [0.3, 0.4) is 0 Å². The molecular weight excluding hydrogens is 210 g/mol. The third-order valence-electron chi connectivity index (χ3n) is 3.34. The van der Waals surface area contributed by atoms with Gasteiger partial charge in [-0.1, -0.05) is 0 Å². The zero-order valence-corrected chi connectivity index (χ0v) is 9.48. The van der Waals surface area contributed by atoms with Crippen LogP contribution in [0.1, 0.15) is 19.3 Å². The zero-order valence-electron chi connectivity index (χ0n) is 9.48. The van der Waals surface area contributed by atoms with Crippen molar-refractivity contribution in [3.63, 3.8) is 0 Å². The lowest BCUT2D eigenvalue weighted by atomic mass is 9.96. The summed E-state index contributed by atoms with van der Waals surface area (Å²) in [5.74, 6) is -0.409. The van der Waals surface area contributed by atoms with E-state index in [0.29, 0.717) is 13.2 Å². The normalized spacial score (nSPS) is 31.2. The molecule has 0 aromatic carbocycles. The number of carbonyl (C=O) groups is 2. The molecule has 2 aliphatic rings. The van der Waals surface area contributed by atoms with E-state index in [0.717, 1.165) is 25.8 Å². The van der Waals surface area contributed by atoms with E-state index < -0.39 is 0 Å². The second-order valence-electron chi connectivity index (χ2n) is 4.33. The largest absolute Gasteiger partial charge is 0.469 e. The molecule has 2 heterocycles. The molecule has 0 aromatic heterocycles. The predicted octanol–water partition coefficient (Wildman–Crippen LogP) is 0.187. The topological polar surface area (TPSA) is 55.8 Å². The first-order valence-electron chi connectivity index (χ1n) is 5.71. The highest BCUT2D eigenvalue weighted by Crippen LogP contribution is 2.23. The van der Waals surface area contributed by atoms with Crippen LogP contribution in [0.15, 0.2) is 0 Å². The van der Waals surface area contributed by atoms with Crippen LogP contribution in [0.4, 0.5) is 0 Å². The fourth-order valence-corrected chi connectivity index (χ4v) is 2.47. The van der Waals surface area contributed by atoms with Crippen LogP contribution in [0, 0.1) is 5.92 Å². The van der Waals surface area contributed by atoms with Crippen LogP contribution < -0.4 is 0 Å². The van der Waals surface area contributed by atoms with Gasteiger partial charge in [0.25, 0.3) is 0 Å². The molecule has 0 N–H and O–H groups in total. The Morgan fingerprint density at radius 2 is 2.31 bits per heavy atom. The Hall–Kier alpha value is -1.10. The molecule has 0 spiro atoms. The summed E-state index contributed by atoms with van der Waals surface area (Å²) < 4.78 is 9.69. The Kier molecular flexibility index (Phi) is 3.43. The molecule has 0 aliphatic carbocycles. The first kappa shape index (κ1) is 11.4. The van der Waals surface area contributed by atoms with Gasteiger partial charge in [0, 0.05) is 13.0 Å². The molecule has 0 amide bonds. The van der Waals surface area contributed by atoms with Crippen molar-refractivity contribution in [2.75, 3.05) is 26.8 Å². The summed E-state index contributed by atoms with van der Waals surface area (Å²) in [6.45, 7) is 1.99. The van der Waals surface area contributed by atoms with Gasteiger partial charge in [0.2, 0.25) is 0 Å². The fraction of sp³-hybridized carbons (Fsp3) is 0.818. The molecule has 0 aromatic rings. The lowest BCUT2D eigenvalue weighted by molar-refractivity contribution is -0.150. The van der Waals surface area contributed by atoms with Crippen molar-refractivity contribution in [1.29, 1.82) is 0 Å². The van der Waals surface area contributed by atoms with Gasteiger partial charge in [-0.3, -0.25) is 14.5 Å². The van der Waals surface area contributed by atoms with E-state index in [1.54, 1.807) is 0 Å².